The summed E-state index contributed by atoms with van der Waals surface area (Å²) in [5.74, 6) is -4.14. The Morgan fingerprint density at radius 3 is 1.88 bits per heavy atom. The fourth-order valence-corrected chi connectivity index (χ4v) is 2.94. The third kappa shape index (κ3) is 6.50. The van der Waals surface area contributed by atoms with E-state index in [-0.39, 0.29) is 6.42 Å². The lowest BCUT2D eigenvalue weighted by Gasteiger charge is -2.43. The maximum absolute atomic E-state index is 10.00. The van der Waals surface area contributed by atoms with Gasteiger partial charge in [-0.1, -0.05) is 0 Å². The Morgan fingerprint density at radius 2 is 1.50 bits per heavy atom. The van der Waals surface area contributed by atoms with Crippen molar-refractivity contribution in [1.29, 1.82) is 0 Å². The van der Waals surface area contributed by atoms with E-state index in [0.29, 0.717) is 0 Å². The molecule has 1 amide bonds. The van der Waals surface area contributed by atoms with Crippen LogP contribution >= 0.6 is 0 Å². The molecule has 0 aliphatic carbocycles. The molecule has 0 saturated carbocycles. The Balaban J connectivity index is 0.000000482. The number of rotatable bonds is 8. The molecule has 2 aliphatic rings. The van der Waals surface area contributed by atoms with E-state index in [1.165, 1.54) is 0 Å². The van der Waals surface area contributed by atoms with Gasteiger partial charge in [-0.05, 0) is 0 Å². The maximum Gasteiger partial charge on any atom is 0.321 e. The summed E-state index contributed by atoms with van der Waals surface area (Å²) in [7, 11) is 0. The molecular formula is C16H30N2O14. The molecule has 16 nitrogen and oxygen atoms in total. The molecule has 13 N–H and O–H groups in total. The second kappa shape index (κ2) is 12.1. The van der Waals surface area contributed by atoms with Crippen LogP contribution in [-0.2, 0) is 23.8 Å². The van der Waals surface area contributed by atoms with E-state index in [1.54, 1.807) is 0 Å². The van der Waals surface area contributed by atoms with Crippen LogP contribution in [-0.4, -0.2) is 139 Å². The molecule has 32 heavy (non-hydrogen) atoms. The topological polar surface area (TPSA) is 296 Å². The van der Waals surface area contributed by atoms with Crippen LogP contribution in [0.2, 0.25) is 0 Å². The lowest BCUT2D eigenvalue weighted by molar-refractivity contribution is -0.383. The fraction of sp³-hybridized carbons (Fsp3) is 0.875. The SMILES string of the molecule is NC(=O)CC(N)C(=O)O.OC[C@H]1O[C@@](CO)(O[C@H]2O[C@H](CO)[C@@H](O)[C@H](O)[C@H]2O)[C@@H](O)[C@@H]1O. The number of hydrogen-bond acceptors (Lipinski definition) is 14. The molecule has 1 unspecified atom stereocenters. The van der Waals surface area contributed by atoms with Crippen LogP contribution in [0, 0.1) is 0 Å². The van der Waals surface area contributed by atoms with Gasteiger partial charge in [0.2, 0.25) is 11.7 Å². The monoisotopic (exact) mass is 474 g/mol. The predicted molar refractivity (Wildman–Crippen MR) is 98.1 cm³/mol. The van der Waals surface area contributed by atoms with Gasteiger partial charge in [-0.25, -0.2) is 0 Å². The van der Waals surface area contributed by atoms with E-state index in [0.717, 1.165) is 0 Å². The Morgan fingerprint density at radius 1 is 0.938 bits per heavy atom. The minimum absolute atomic E-state index is 0.310. The number of primary amides is 1. The van der Waals surface area contributed by atoms with Crippen LogP contribution in [0.1, 0.15) is 6.42 Å². The Hall–Kier alpha value is -1.54. The number of aliphatic hydroxyl groups excluding tert-OH is 8. The summed E-state index contributed by atoms with van der Waals surface area (Å²) >= 11 is 0. The molecule has 0 radical (unpaired) electrons. The van der Waals surface area contributed by atoms with Gasteiger partial charge in [0.1, 0.15) is 55.4 Å². The first kappa shape index (κ1) is 28.5. The van der Waals surface area contributed by atoms with Gasteiger partial charge in [-0.2, -0.15) is 0 Å². The molecule has 2 saturated heterocycles. The average Bonchev–Trinajstić information content (AvgIpc) is 2.99. The van der Waals surface area contributed by atoms with E-state index in [9.17, 15) is 40.2 Å². The average molecular weight is 474 g/mol. The van der Waals surface area contributed by atoms with Crippen molar-refractivity contribution in [3.05, 3.63) is 0 Å². The number of aliphatic hydroxyl groups is 8. The molecule has 2 aliphatic heterocycles. The van der Waals surface area contributed by atoms with Crippen molar-refractivity contribution < 1.29 is 69.8 Å². The molecule has 0 aromatic rings. The number of carboxylic acids is 1. The summed E-state index contributed by atoms with van der Waals surface area (Å²) < 4.78 is 15.4. The Bertz CT molecular complexity index is 624. The zero-order valence-electron chi connectivity index (χ0n) is 16.7. The summed E-state index contributed by atoms with van der Waals surface area (Å²) in [6.45, 7) is -2.32. The summed E-state index contributed by atoms with van der Waals surface area (Å²) in [6, 6.07) is -1.16. The fourth-order valence-electron chi connectivity index (χ4n) is 2.94. The highest BCUT2D eigenvalue weighted by Crippen LogP contribution is 2.35. The van der Waals surface area contributed by atoms with Gasteiger partial charge in [0.05, 0.1) is 19.6 Å². The van der Waals surface area contributed by atoms with Crippen LogP contribution in [0.25, 0.3) is 0 Å². The highest BCUT2D eigenvalue weighted by atomic mass is 16.8. The van der Waals surface area contributed by atoms with Crippen molar-refractivity contribution in [3.63, 3.8) is 0 Å². The van der Waals surface area contributed by atoms with Gasteiger partial charge in [0, 0.05) is 0 Å². The van der Waals surface area contributed by atoms with Crippen LogP contribution in [0.3, 0.4) is 0 Å². The number of nitrogens with two attached hydrogens (primary N) is 2. The maximum atomic E-state index is 10.00. The van der Waals surface area contributed by atoms with Crippen molar-refractivity contribution in [3.8, 4) is 0 Å². The van der Waals surface area contributed by atoms with Gasteiger partial charge in [0.15, 0.2) is 6.29 Å². The van der Waals surface area contributed by atoms with Gasteiger partial charge in [-0.3, -0.25) is 9.59 Å². The molecule has 10 atom stereocenters. The van der Waals surface area contributed by atoms with Gasteiger partial charge >= 0.3 is 5.97 Å². The van der Waals surface area contributed by atoms with Crippen molar-refractivity contribution in [2.75, 3.05) is 19.8 Å². The standard InChI is InChI=1S/C12H22O11.C4H8N2O3/c13-1-4-6(16)8(18)9(19)11(21-4)23-12(3-15)10(20)7(17)5(2-14)22-12;5-2(4(8)9)1-3(6)7/h4-11,13-20H,1-3H2;2H,1,5H2,(H2,6,7)(H,8,9)/t4-,5-,6-,7-,8+,9-,10+,11-,12+;/m1./s1. The molecule has 0 aromatic carbocycles. The normalized spacial score (nSPS) is 40.3. The van der Waals surface area contributed by atoms with Crippen molar-refractivity contribution in [2.45, 2.75) is 67.3 Å². The Kier molecular flexibility index (Phi) is 10.7. The first-order valence-electron chi connectivity index (χ1n) is 9.35. The smallest absolute Gasteiger partial charge is 0.321 e. The van der Waals surface area contributed by atoms with E-state index in [4.69, 9.17) is 35.3 Å². The summed E-state index contributed by atoms with van der Waals surface area (Å²) in [6.07, 6.45) is -13.0. The van der Waals surface area contributed by atoms with Crippen molar-refractivity contribution in [2.24, 2.45) is 11.5 Å². The van der Waals surface area contributed by atoms with E-state index >= 15 is 0 Å². The molecule has 0 spiro atoms. The van der Waals surface area contributed by atoms with Crippen molar-refractivity contribution in [1.82, 2.24) is 0 Å². The third-order valence-electron chi connectivity index (χ3n) is 4.81. The Labute approximate surface area is 181 Å². The van der Waals surface area contributed by atoms with Gasteiger partial charge < -0.3 is 71.6 Å². The second-order valence-corrected chi connectivity index (χ2v) is 7.17. The summed E-state index contributed by atoms with van der Waals surface area (Å²) in [5, 5.41) is 84.8. The third-order valence-corrected chi connectivity index (χ3v) is 4.81. The molecule has 16 heteroatoms. The van der Waals surface area contributed by atoms with E-state index in [1.807, 2.05) is 0 Å². The van der Waals surface area contributed by atoms with Gasteiger partial charge in [-0.15, -0.1) is 0 Å². The summed E-state index contributed by atoms with van der Waals surface area (Å²) in [4.78, 5) is 19.9. The summed E-state index contributed by atoms with van der Waals surface area (Å²) in [5.41, 5.74) is 9.57. The van der Waals surface area contributed by atoms with Crippen LogP contribution in [0.15, 0.2) is 0 Å². The first-order chi connectivity index (χ1) is 14.8. The molecule has 0 bridgehead atoms. The quantitative estimate of drug-likeness (QED) is 0.156. The van der Waals surface area contributed by atoms with Crippen molar-refractivity contribution >= 4 is 11.9 Å². The minimum atomic E-state index is -2.22. The zero-order valence-corrected chi connectivity index (χ0v) is 16.7. The second-order valence-electron chi connectivity index (χ2n) is 7.17. The lowest BCUT2D eigenvalue weighted by atomic mass is 9.99. The lowest BCUT2D eigenvalue weighted by Crippen LogP contribution is -2.62. The number of aliphatic carboxylic acids is 1. The molecule has 2 fully saturated rings. The van der Waals surface area contributed by atoms with E-state index in [2.05, 4.69) is 5.73 Å². The molecule has 188 valence electrons. The number of ether oxygens (including phenoxy) is 3. The number of carboxylic acid groups (broad SMARTS) is 1. The molecular weight excluding hydrogens is 444 g/mol. The largest absolute Gasteiger partial charge is 0.480 e. The number of amides is 1. The zero-order chi connectivity index (χ0) is 24.8. The molecule has 2 heterocycles. The highest BCUT2D eigenvalue weighted by molar-refractivity contribution is 5.83. The predicted octanol–water partition coefficient (Wildman–Crippen LogP) is -7.12. The minimum Gasteiger partial charge on any atom is -0.480 e. The van der Waals surface area contributed by atoms with Crippen LogP contribution in [0.4, 0.5) is 0 Å². The number of carbonyl (C=O) groups is 2. The first-order valence-corrected chi connectivity index (χ1v) is 9.35. The van der Waals surface area contributed by atoms with E-state index < -0.39 is 92.5 Å². The number of hydrogen-bond donors (Lipinski definition) is 11. The molecule has 2 rings (SSSR count). The van der Waals surface area contributed by atoms with Crippen LogP contribution in [0.5, 0.6) is 0 Å². The highest BCUT2D eigenvalue weighted by Gasteiger charge is 2.58. The molecule has 0 aromatic heterocycles. The van der Waals surface area contributed by atoms with Crippen LogP contribution < -0.4 is 11.5 Å². The van der Waals surface area contributed by atoms with Gasteiger partial charge in [0.25, 0.3) is 0 Å². The number of carbonyl (C=O) groups excluding carboxylic acids is 1.